The second-order valence-corrected chi connectivity index (χ2v) is 4.62. The van der Waals surface area contributed by atoms with E-state index in [1.807, 2.05) is 24.3 Å². The molecule has 0 spiro atoms. The van der Waals surface area contributed by atoms with E-state index in [0.29, 0.717) is 6.42 Å². The fourth-order valence-electron chi connectivity index (χ4n) is 2.04. The van der Waals surface area contributed by atoms with Gasteiger partial charge < -0.3 is 15.4 Å². The molecule has 0 saturated heterocycles. The first-order valence-electron chi connectivity index (χ1n) is 6.60. The van der Waals surface area contributed by atoms with E-state index in [0.717, 1.165) is 16.9 Å². The second-order valence-electron chi connectivity index (χ2n) is 4.62. The maximum absolute atomic E-state index is 11.8. The molecule has 6 nitrogen and oxygen atoms in total. The van der Waals surface area contributed by atoms with E-state index in [9.17, 15) is 9.90 Å². The molecule has 0 bridgehead atoms. The number of aromatic nitrogens is 3. The SMILES string of the molecule is O=C(CCc1nc2ccccc2[nH]1)Nc1ncccc1O. The number of hydrogen-bond donors (Lipinski definition) is 3. The summed E-state index contributed by atoms with van der Waals surface area (Å²) in [5.41, 5.74) is 1.84. The number of aromatic hydroxyl groups is 1. The van der Waals surface area contributed by atoms with E-state index < -0.39 is 0 Å². The molecular weight excluding hydrogens is 268 g/mol. The number of benzene rings is 1. The Morgan fingerprint density at radius 1 is 1.24 bits per heavy atom. The van der Waals surface area contributed by atoms with E-state index in [2.05, 4.69) is 20.3 Å². The van der Waals surface area contributed by atoms with Crippen LogP contribution in [0.15, 0.2) is 42.6 Å². The Morgan fingerprint density at radius 3 is 2.90 bits per heavy atom. The summed E-state index contributed by atoms with van der Waals surface area (Å²) in [5, 5.41) is 12.1. The van der Waals surface area contributed by atoms with Gasteiger partial charge in [-0.1, -0.05) is 12.1 Å². The van der Waals surface area contributed by atoms with Crippen LogP contribution in [-0.4, -0.2) is 26.0 Å². The second kappa shape index (κ2) is 5.62. The van der Waals surface area contributed by atoms with Crippen molar-refractivity contribution in [2.45, 2.75) is 12.8 Å². The van der Waals surface area contributed by atoms with Crippen LogP contribution in [0.5, 0.6) is 5.75 Å². The van der Waals surface area contributed by atoms with Crippen molar-refractivity contribution in [3.63, 3.8) is 0 Å². The van der Waals surface area contributed by atoms with E-state index in [-0.39, 0.29) is 23.9 Å². The van der Waals surface area contributed by atoms with Crippen LogP contribution in [0.2, 0.25) is 0 Å². The van der Waals surface area contributed by atoms with Crippen molar-refractivity contribution in [2.24, 2.45) is 0 Å². The lowest BCUT2D eigenvalue weighted by atomic mass is 10.3. The highest BCUT2D eigenvalue weighted by Gasteiger charge is 2.09. The number of rotatable bonds is 4. The zero-order valence-corrected chi connectivity index (χ0v) is 11.2. The van der Waals surface area contributed by atoms with Gasteiger partial charge >= 0.3 is 0 Å². The molecule has 1 aromatic carbocycles. The van der Waals surface area contributed by atoms with Crippen LogP contribution in [0.1, 0.15) is 12.2 Å². The smallest absolute Gasteiger partial charge is 0.226 e. The third kappa shape index (κ3) is 3.00. The summed E-state index contributed by atoms with van der Waals surface area (Å²) in [7, 11) is 0. The topological polar surface area (TPSA) is 90.9 Å². The van der Waals surface area contributed by atoms with Crippen molar-refractivity contribution in [3.05, 3.63) is 48.4 Å². The minimum Gasteiger partial charge on any atom is -0.504 e. The first-order valence-corrected chi connectivity index (χ1v) is 6.60. The van der Waals surface area contributed by atoms with Gasteiger partial charge in [-0.25, -0.2) is 9.97 Å². The predicted octanol–water partition coefficient (Wildman–Crippen LogP) is 2.23. The van der Waals surface area contributed by atoms with Gasteiger partial charge in [0.2, 0.25) is 5.91 Å². The molecule has 3 N–H and O–H groups in total. The number of nitrogens with zero attached hydrogens (tertiary/aromatic N) is 2. The van der Waals surface area contributed by atoms with Gasteiger partial charge in [0.05, 0.1) is 11.0 Å². The van der Waals surface area contributed by atoms with Gasteiger partial charge in [-0.3, -0.25) is 4.79 Å². The summed E-state index contributed by atoms with van der Waals surface area (Å²) in [5.74, 6) is 0.669. The number of carbonyl (C=O) groups is 1. The lowest BCUT2D eigenvalue weighted by Gasteiger charge is -2.04. The summed E-state index contributed by atoms with van der Waals surface area (Å²) < 4.78 is 0. The number of fused-ring (bicyclic) bond motifs is 1. The summed E-state index contributed by atoms with van der Waals surface area (Å²) in [6, 6.07) is 10.8. The van der Waals surface area contributed by atoms with Gasteiger partial charge in [0.1, 0.15) is 5.82 Å². The van der Waals surface area contributed by atoms with Gasteiger partial charge in [0.15, 0.2) is 11.6 Å². The quantitative estimate of drug-likeness (QED) is 0.684. The number of hydrogen-bond acceptors (Lipinski definition) is 4. The molecule has 0 saturated carbocycles. The lowest BCUT2D eigenvalue weighted by Crippen LogP contribution is -2.13. The van der Waals surface area contributed by atoms with Gasteiger partial charge in [0, 0.05) is 19.0 Å². The van der Waals surface area contributed by atoms with Crippen LogP contribution in [0.4, 0.5) is 5.82 Å². The normalized spacial score (nSPS) is 10.7. The first kappa shape index (κ1) is 13.1. The monoisotopic (exact) mass is 282 g/mol. The van der Waals surface area contributed by atoms with Crippen molar-refractivity contribution in [2.75, 3.05) is 5.32 Å². The highest BCUT2D eigenvalue weighted by Crippen LogP contribution is 2.18. The van der Waals surface area contributed by atoms with E-state index >= 15 is 0 Å². The van der Waals surface area contributed by atoms with Gasteiger partial charge in [-0.2, -0.15) is 0 Å². The summed E-state index contributed by atoms with van der Waals surface area (Å²) in [6.07, 6.45) is 2.26. The van der Waals surface area contributed by atoms with Crippen molar-refractivity contribution in [3.8, 4) is 5.75 Å². The third-order valence-corrected chi connectivity index (χ3v) is 3.07. The molecule has 0 atom stereocenters. The van der Waals surface area contributed by atoms with Crippen LogP contribution in [0.25, 0.3) is 11.0 Å². The molecule has 2 heterocycles. The number of aromatic amines is 1. The Kier molecular flexibility index (Phi) is 3.51. The van der Waals surface area contributed by atoms with Crippen LogP contribution in [0, 0.1) is 0 Å². The average molecular weight is 282 g/mol. The molecule has 3 aromatic rings. The molecule has 0 aliphatic heterocycles. The first-order chi connectivity index (χ1) is 10.2. The molecule has 2 aromatic heterocycles. The molecule has 1 amide bonds. The Bertz CT molecular complexity index is 749. The van der Waals surface area contributed by atoms with Crippen LogP contribution >= 0.6 is 0 Å². The molecule has 0 aliphatic rings. The van der Waals surface area contributed by atoms with Crippen LogP contribution in [0.3, 0.4) is 0 Å². The molecule has 6 heteroatoms. The van der Waals surface area contributed by atoms with Gasteiger partial charge in [-0.15, -0.1) is 0 Å². The summed E-state index contributed by atoms with van der Waals surface area (Å²) in [6.45, 7) is 0. The number of pyridine rings is 1. The Hall–Kier alpha value is -2.89. The van der Waals surface area contributed by atoms with Crippen molar-refractivity contribution in [1.82, 2.24) is 15.0 Å². The van der Waals surface area contributed by atoms with E-state index in [1.54, 1.807) is 6.07 Å². The van der Waals surface area contributed by atoms with Crippen LogP contribution in [-0.2, 0) is 11.2 Å². The standard InChI is InChI=1S/C15H14N4O2/c20-12-6-3-9-16-15(12)19-14(21)8-7-13-17-10-4-1-2-5-11(10)18-13/h1-6,9,20H,7-8H2,(H,17,18)(H,16,19,21). The predicted molar refractivity (Wildman–Crippen MR) is 78.9 cm³/mol. The number of amides is 1. The van der Waals surface area contributed by atoms with E-state index in [1.165, 1.54) is 12.3 Å². The zero-order valence-electron chi connectivity index (χ0n) is 11.2. The molecule has 0 fully saturated rings. The fourth-order valence-corrected chi connectivity index (χ4v) is 2.04. The molecule has 0 unspecified atom stereocenters. The van der Waals surface area contributed by atoms with Crippen molar-refractivity contribution in [1.29, 1.82) is 0 Å². The number of nitrogens with one attached hydrogen (secondary N) is 2. The molecule has 0 radical (unpaired) electrons. The third-order valence-electron chi connectivity index (χ3n) is 3.07. The molecule has 0 aliphatic carbocycles. The summed E-state index contributed by atoms with van der Waals surface area (Å²) in [4.78, 5) is 23.3. The average Bonchev–Trinajstić information content (AvgIpc) is 2.90. The van der Waals surface area contributed by atoms with Gasteiger partial charge in [0.25, 0.3) is 0 Å². The number of anilines is 1. The maximum Gasteiger partial charge on any atom is 0.226 e. The Balaban J connectivity index is 1.62. The number of para-hydroxylation sites is 2. The highest BCUT2D eigenvalue weighted by atomic mass is 16.3. The Morgan fingerprint density at radius 2 is 2.10 bits per heavy atom. The Labute approximate surface area is 120 Å². The fraction of sp³-hybridized carbons (Fsp3) is 0.133. The molecule has 21 heavy (non-hydrogen) atoms. The van der Waals surface area contributed by atoms with E-state index in [4.69, 9.17) is 0 Å². The number of aryl methyl sites for hydroxylation is 1. The zero-order chi connectivity index (χ0) is 14.7. The van der Waals surface area contributed by atoms with Crippen molar-refractivity contribution >= 4 is 22.8 Å². The van der Waals surface area contributed by atoms with Crippen LogP contribution < -0.4 is 5.32 Å². The lowest BCUT2D eigenvalue weighted by molar-refractivity contribution is -0.116. The minimum absolute atomic E-state index is 0.0467. The summed E-state index contributed by atoms with van der Waals surface area (Å²) >= 11 is 0. The number of H-pyrrole nitrogens is 1. The maximum atomic E-state index is 11.8. The minimum atomic E-state index is -0.218. The largest absolute Gasteiger partial charge is 0.504 e. The van der Waals surface area contributed by atoms with Crippen molar-refractivity contribution < 1.29 is 9.90 Å². The number of carbonyl (C=O) groups excluding carboxylic acids is 1. The van der Waals surface area contributed by atoms with Gasteiger partial charge in [-0.05, 0) is 24.3 Å². The molecular formula is C15H14N4O2. The highest BCUT2D eigenvalue weighted by molar-refractivity contribution is 5.91. The molecule has 3 rings (SSSR count). The molecule has 106 valence electrons. The number of imidazole rings is 1.